The highest BCUT2D eigenvalue weighted by molar-refractivity contribution is 6.05. The summed E-state index contributed by atoms with van der Waals surface area (Å²) in [6, 6.07) is 17.3. The fourth-order valence-electron chi connectivity index (χ4n) is 2.56. The molecule has 0 unspecified atom stereocenters. The second-order valence-corrected chi connectivity index (χ2v) is 4.34. The van der Waals surface area contributed by atoms with Gasteiger partial charge in [0.1, 0.15) is 0 Å². The number of hydrogen-bond acceptors (Lipinski definition) is 0. The number of fused-ring (bicyclic) bond motifs is 2. The minimum Gasteiger partial charge on any atom is -0.0776 e. The minimum atomic E-state index is 0. The molecule has 0 N–H and O–H groups in total. The lowest BCUT2D eigenvalue weighted by molar-refractivity contribution is 1.52. The van der Waals surface area contributed by atoms with E-state index >= 15 is 0 Å². The van der Waals surface area contributed by atoms with Gasteiger partial charge in [0, 0.05) is 0 Å². The highest BCUT2D eigenvalue weighted by Gasteiger charge is 2.06. The van der Waals surface area contributed by atoms with Crippen molar-refractivity contribution in [3.05, 3.63) is 59.7 Å². The molecule has 0 aliphatic rings. The zero-order valence-corrected chi connectivity index (χ0v) is 9.62. The molecular weight excluding hydrogens is 204 g/mol. The zero-order chi connectivity index (χ0) is 11.1. The Morgan fingerprint density at radius 2 is 0.765 bits per heavy atom. The average Bonchev–Trinajstić information content (AvgIpc) is 2.36. The largest absolute Gasteiger partial charge is 0.0776 e. The summed E-state index contributed by atoms with van der Waals surface area (Å²) in [6.07, 6.45) is 0. The van der Waals surface area contributed by atoms with Gasteiger partial charge < -0.3 is 0 Å². The molecule has 3 aromatic carbocycles. The van der Waals surface area contributed by atoms with E-state index in [0.717, 1.165) is 0 Å². The summed E-state index contributed by atoms with van der Waals surface area (Å²) in [4.78, 5) is 0. The Hall–Kier alpha value is -1.82. The third-order valence-electron chi connectivity index (χ3n) is 3.47. The summed E-state index contributed by atoms with van der Waals surface area (Å²) in [5.41, 5.74) is 2.77. The Balaban J connectivity index is 0.00000108. The summed E-state index contributed by atoms with van der Waals surface area (Å²) in [7, 11) is 0. The number of benzene rings is 3. The first-order valence-corrected chi connectivity index (χ1v) is 5.65. The molecule has 0 heterocycles. The molecule has 0 saturated heterocycles. The van der Waals surface area contributed by atoms with Gasteiger partial charge in [-0.15, -0.1) is 0 Å². The fourth-order valence-corrected chi connectivity index (χ4v) is 2.56. The lowest BCUT2D eigenvalue weighted by Gasteiger charge is -2.11. The van der Waals surface area contributed by atoms with Crippen LogP contribution in [0.1, 0.15) is 18.6 Å². The van der Waals surface area contributed by atoms with Crippen molar-refractivity contribution in [2.75, 3.05) is 0 Å². The normalized spacial score (nSPS) is 10.5. The van der Waals surface area contributed by atoms with Crippen LogP contribution in [0.4, 0.5) is 0 Å². The lowest BCUT2D eigenvalue weighted by Crippen LogP contribution is -1.87. The van der Waals surface area contributed by atoms with Crippen LogP contribution in [0, 0.1) is 13.8 Å². The van der Waals surface area contributed by atoms with Gasteiger partial charge in [-0.1, -0.05) is 56.0 Å². The molecule has 3 rings (SSSR count). The molecule has 0 nitrogen and oxygen atoms in total. The smallest absolute Gasteiger partial charge is 0.0146 e. The first-order chi connectivity index (χ1) is 7.79. The fraction of sp³-hybridized carbons (Fsp3) is 0.176. The first-order valence-electron chi connectivity index (χ1n) is 5.65. The molecule has 0 radical (unpaired) electrons. The van der Waals surface area contributed by atoms with E-state index in [2.05, 4.69) is 62.4 Å². The standard InChI is InChI=1S/C16H14.CH4/c1-11-13-7-3-5-9-15(13)12(2)16-10-6-4-8-14(11)16;/h3-10H,1-2H3;1H4. The van der Waals surface area contributed by atoms with Crippen molar-refractivity contribution < 1.29 is 0 Å². The SMILES string of the molecule is C.Cc1c2ccccc2c(C)c2ccccc12. The lowest BCUT2D eigenvalue weighted by atomic mass is 9.93. The van der Waals surface area contributed by atoms with E-state index in [4.69, 9.17) is 0 Å². The Labute approximate surface area is 103 Å². The van der Waals surface area contributed by atoms with Crippen LogP contribution >= 0.6 is 0 Å². The van der Waals surface area contributed by atoms with Gasteiger partial charge in [-0.25, -0.2) is 0 Å². The molecule has 17 heavy (non-hydrogen) atoms. The second-order valence-electron chi connectivity index (χ2n) is 4.34. The van der Waals surface area contributed by atoms with Crippen LogP contribution in [-0.2, 0) is 0 Å². The van der Waals surface area contributed by atoms with E-state index in [-0.39, 0.29) is 7.43 Å². The monoisotopic (exact) mass is 222 g/mol. The van der Waals surface area contributed by atoms with Crippen LogP contribution in [0.15, 0.2) is 48.5 Å². The highest BCUT2D eigenvalue weighted by Crippen LogP contribution is 2.31. The molecular formula is C17H18. The Kier molecular flexibility index (Phi) is 2.89. The summed E-state index contributed by atoms with van der Waals surface area (Å²) in [6.45, 7) is 4.42. The molecule has 0 spiro atoms. The summed E-state index contributed by atoms with van der Waals surface area (Å²) in [5, 5.41) is 5.50. The van der Waals surface area contributed by atoms with Crippen LogP contribution in [-0.4, -0.2) is 0 Å². The minimum absolute atomic E-state index is 0. The molecule has 0 aliphatic heterocycles. The van der Waals surface area contributed by atoms with Crippen molar-refractivity contribution >= 4 is 21.5 Å². The van der Waals surface area contributed by atoms with Gasteiger partial charge >= 0.3 is 0 Å². The molecule has 0 aliphatic carbocycles. The Bertz CT molecular complexity index is 561. The molecule has 3 aromatic rings. The van der Waals surface area contributed by atoms with Gasteiger partial charge in [-0.2, -0.15) is 0 Å². The molecule has 86 valence electrons. The van der Waals surface area contributed by atoms with E-state index in [9.17, 15) is 0 Å². The predicted octanol–water partition coefficient (Wildman–Crippen LogP) is 5.25. The van der Waals surface area contributed by atoms with Crippen LogP contribution in [0.5, 0.6) is 0 Å². The summed E-state index contributed by atoms with van der Waals surface area (Å²) >= 11 is 0. The van der Waals surface area contributed by atoms with Gasteiger partial charge in [-0.3, -0.25) is 0 Å². The van der Waals surface area contributed by atoms with Crippen LogP contribution < -0.4 is 0 Å². The van der Waals surface area contributed by atoms with Gasteiger partial charge in [-0.05, 0) is 46.5 Å². The zero-order valence-electron chi connectivity index (χ0n) is 9.62. The van der Waals surface area contributed by atoms with Gasteiger partial charge in [0.15, 0.2) is 0 Å². The average molecular weight is 222 g/mol. The van der Waals surface area contributed by atoms with Crippen molar-refractivity contribution in [1.29, 1.82) is 0 Å². The van der Waals surface area contributed by atoms with Gasteiger partial charge in [0.2, 0.25) is 0 Å². The predicted molar refractivity (Wildman–Crippen MR) is 77.7 cm³/mol. The quantitative estimate of drug-likeness (QED) is 0.456. The van der Waals surface area contributed by atoms with Crippen LogP contribution in [0.3, 0.4) is 0 Å². The van der Waals surface area contributed by atoms with E-state index in [0.29, 0.717) is 0 Å². The third kappa shape index (κ3) is 1.61. The molecule has 0 aromatic heterocycles. The Morgan fingerprint density at radius 3 is 1.00 bits per heavy atom. The summed E-state index contributed by atoms with van der Waals surface area (Å²) < 4.78 is 0. The molecule has 0 fully saturated rings. The van der Waals surface area contributed by atoms with Crippen molar-refractivity contribution in [2.24, 2.45) is 0 Å². The molecule has 0 saturated carbocycles. The molecule has 0 bridgehead atoms. The van der Waals surface area contributed by atoms with Crippen molar-refractivity contribution in [3.63, 3.8) is 0 Å². The van der Waals surface area contributed by atoms with E-state index in [1.54, 1.807) is 0 Å². The first kappa shape index (κ1) is 11.7. The molecule has 0 heteroatoms. The highest BCUT2D eigenvalue weighted by atomic mass is 14.1. The Morgan fingerprint density at radius 1 is 0.529 bits per heavy atom. The molecule has 0 atom stereocenters. The maximum atomic E-state index is 2.21. The number of hydrogen-bond donors (Lipinski definition) is 0. The number of aryl methyl sites for hydroxylation is 2. The maximum absolute atomic E-state index is 2.21. The summed E-state index contributed by atoms with van der Waals surface area (Å²) in [5.74, 6) is 0. The maximum Gasteiger partial charge on any atom is -0.0146 e. The van der Waals surface area contributed by atoms with E-state index in [1.807, 2.05) is 0 Å². The second kappa shape index (κ2) is 4.21. The molecule has 0 amide bonds. The van der Waals surface area contributed by atoms with Gasteiger partial charge in [0.05, 0.1) is 0 Å². The van der Waals surface area contributed by atoms with Gasteiger partial charge in [0.25, 0.3) is 0 Å². The van der Waals surface area contributed by atoms with E-state index in [1.165, 1.54) is 32.7 Å². The van der Waals surface area contributed by atoms with E-state index < -0.39 is 0 Å². The van der Waals surface area contributed by atoms with Crippen molar-refractivity contribution in [3.8, 4) is 0 Å². The number of rotatable bonds is 0. The van der Waals surface area contributed by atoms with Crippen LogP contribution in [0.25, 0.3) is 21.5 Å². The van der Waals surface area contributed by atoms with Crippen molar-refractivity contribution in [2.45, 2.75) is 21.3 Å². The topological polar surface area (TPSA) is 0 Å². The van der Waals surface area contributed by atoms with Crippen LogP contribution in [0.2, 0.25) is 0 Å². The van der Waals surface area contributed by atoms with Crippen molar-refractivity contribution in [1.82, 2.24) is 0 Å². The third-order valence-corrected chi connectivity index (χ3v) is 3.47.